The Bertz CT molecular complexity index is 228. The van der Waals surface area contributed by atoms with Gasteiger partial charge in [-0.15, -0.1) is 0 Å². The van der Waals surface area contributed by atoms with Crippen molar-refractivity contribution in [3.8, 4) is 5.75 Å². The Balaban J connectivity index is 3.09. The predicted octanol–water partition coefficient (Wildman–Crippen LogP) is 2.11. The van der Waals surface area contributed by atoms with Crippen molar-refractivity contribution in [2.75, 3.05) is 7.11 Å². The molecule has 1 heteroatoms. The molecule has 0 saturated carbocycles. The minimum Gasteiger partial charge on any atom is -0.496 e. The number of aryl methyl sites for hydroxylation is 2. The summed E-state index contributed by atoms with van der Waals surface area (Å²) in [4.78, 5) is 0. The summed E-state index contributed by atoms with van der Waals surface area (Å²) >= 11 is 0. The molecule has 0 bridgehead atoms. The molecule has 0 aliphatic rings. The fourth-order valence-electron chi connectivity index (χ4n) is 0.862. The molecule has 0 spiro atoms. The van der Waals surface area contributed by atoms with E-state index in [-0.39, 0.29) is 0 Å². The average molecular weight is 135 g/mol. The highest BCUT2D eigenvalue weighted by atomic mass is 16.5. The molecule has 0 aromatic heterocycles. The number of benzene rings is 1. The number of hydrogen-bond acceptors (Lipinski definition) is 1. The van der Waals surface area contributed by atoms with E-state index >= 15 is 0 Å². The Morgan fingerprint density at radius 3 is 2.60 bits per heavy atom. The van der Waals surface area contributed by atoms with E-state index in [4.69, 9.17) is 4.74 Å². The number of ether oxygens (including phenoxy) is 1. The maximum absolute atomic E-state index is 5.09. The zero-order valence-electron chi connectivity index (χ0n) is 6.56. The van der Waals surface area contributed by atoms with Crippen molar-refractivity contribution in [2.45, 2.75) is 13.8 Å². The van der Waals surface area contributed by atoms with E-state index in [1.807, 2.05) is 26.0 Å². The van der Waals surface area contributed by atoms with Gasteiger partial charge in [0.2, 0.25) is 0 Å². The van der Waals surface area contributed by atoms with Crippen LogP contribution in [0, 0.1) is 19.9 Å². The predicted molar refractivity (Wildman–Crippen MR) is 41.3 cm³/mol. The summed E-state index contributed by atoms with van der Waals surface area (Å²) in [7, 11) is 1.68. The molecule has 0 aliphatic carbocycles. The lowest BCUT2D eigenvalue weighted by molar-refractivity contribution is 0.411. The second-order valence-corrected chi connectivity index (χ2v) is 2.37. The van der Waals surface area contributed by atoms with Crippen molar-refractivity contribution >= 4 is 0 Å². The van der Waals surface area contributed by atoms with Crippen LogP contribution in [0.4, 0.5) is 0 Å². The first-order valence-electron chi connectivity index (χ1n) is 3.27. The molecule has 53 valence electrons. The van der Waals surface area contributed by atoms with Crippen LogP contribution in [0.5, 0.6) is 5.75 Å². The molecule has 1 aromatic carbocycles. The quantitative estimate of drug-likeness (QED) is 0.573. The van der Waals surface area contributed by atoms with Gasteiger partial charge in [-0.3, -0.25) is 0 Å². The van der Waals surface area contributed by atoms with Gasteiger partial charge in [-0.25, -0.2) is 0 Å². The van der Waals surface area contributed by atoms with Gasteiger partial charge in [-0.05, 0) is 37.1 Å². The summed E-state index contributed by atoms with van der Waals surface area (Å²) < 4.78 is 5.09. The van der Waals surface area contributed by atoms with E-state index < -0.39 is 0 Å². The molecule has 0 amide bonds. The van der Waals surface area contributed by atoms with Gasteiger partial charge in [0, 0.05) is 0 Å². The summed E-state index contributed by atoms with van der Waals surface area (Å²) in [6.07, 6.45) is 0. The van der Waals surface area contributed by atoms with Crippen LogP contribution in [0.1, 0.15) is 11.1 Å². The highest BCUT2D eigenvalue weighted by Gasteiger charge is 1.95. The third kappa shape index (κ3) is 1.29. The molecule has 0 heterocycles. The maximum atomic E-state index is 5.09. The van der Waals surface area contributed by atoms with E-state index in [1.54, 1.807) is 7.11 Å². The summed E-state index contributed by atoms with van der Waals surface area (Å²) in [6, 6.07) is 7.06. The van der Waals surface area contributed by atoms with Gasteiger partial charge in [-0.2, -0.15) is 0 Å². The standard InChI is InChI=1S/C9H11O/c1-7-4-5-8(2)9(6-7)10-3/h4,6H,1-3H3. The molecule has 0 fully saturated rings. The van der Waals surface area contributed by atoms with Gasteiger partial charge < -0.3 is 4.74 Å². The molecular weight excluding hydrogens is 124 g/mol. The van der Waals surface area contributed by atoms with Crippen molar-refractivity contribution in [2.24, 2.45) is 0 Å². The molecule has 0 atom stereocenters. The van der Waals surface area contributed by atoms with E-state index in [2.05, 4.69) is 6.07 Å². The molecule has 1 aromatic rings. The zero-order valence-corrected chi connectivity index (χ0v) is 6.56. The van der Waals surface area contributed by atoms with Crippen molar-refractivity contribution in [1.29, 1.82) is 0 Å². The number of hydrogen-bond donors (Lipinski definition) is 0. The monoisotopic (exact) mass is 135 g/mol. The lowest BCUT2D eigenvalue weighted by Gasteiger charge is -2.03. The van der Waals surface area contributed by atoms with Crippen molar-refractivity contribution < 1.29 is 4.74 Å². The second-order valence-electron chi connectivity index (χ2n) is 2.37. The van der Waals surface area contributed by atoms with Gasteiger partial charge in [0.1, 0.15) is 5.75 Å². The van der Waals surface area contributed by atoms with Crippen LogP contribution in [-0.2, 0) is 0 Å². The van der Waals surface area contributed by atoms with Gasteiger partial charge in [0.05, 0.1) is 7.11 Å². The largest absolute Gasteiger partial charge is 0.496 e. The summed E-state index contributed by atoms with van der Waals surface area (Å²) in [6.45, 7) is 4.01. The van der Waals surface area contributed by atoms with Crippen LogP contribution in [0.2, 0.25) is 0 Å². The second kappa shape index (κ2) is 2.74. The topological polar surface area (TPSA) is 9.23 Å². The molecule has 10 heavy (non-hydrogen) atoms. The molecular formula is C9H11O. The van der Waals surface area contributed by atoms with Crippen LogP contribution in [0.3, 0.4) is 0 Å². The molecule has 1 nitrogen and oxygen atoms in total. The first-order valence-corrected chi connectivity index (χ1v) is 3.27. The van der Waals surface area contributed by atoms with Crippen LogP contribution >= 0.6 is 0 Å². The summed E-state index contributed by atoms with van der Waals surface area (Å²) in [5.74, 6) is 0.917. The number of methoxy groups -OCH3 is 1. The number of rotatable bonds is 1. The maximum Gasteiger partial charge on any atom is 0.122 e. The molecule has 1 radical (unpaired) electrons. The Morgan fingerprint density at radius 1 is 1.40 bits per heavy atom. The first-order chi connectivity index (χ1) is 4.74. The molecule has 0 N–H and O–H groups in total. The summed E-state index contributed by atoms with van der Waals surface area (Å²) in [5, 5.41) is 0. The summed E-state index contributed by atoms with van der Waals surface area (Å²) in [5.41, 5.74) is 2.25. The lowest BCUT2D eigenvalue weighted by Crippen LogP contribution is -1.87. The Labute approximate surface area is 61.6 Å². The van der Waals surface area contributed by atoms with Gasteiger partial charge in [-0.1, -0.05) is 6.07 Å². The van der Waals surface area contributed by atoms with Crippen LogP contribution < -0.4 is 4.74 Å². The average Bonchev–Trinajstić information content (AvgIpc) is 1.94. The van der Waals surface area contributed by atoms with Crippen LogP contribution in [0.15, 0.2) is 12.1 Å². The van der Waals surface area contributed by atoms with Crippen molar-refractivity contribution in [3.05, 3.63) is 29.3 Å². The SMILES string of the molecule is COc1cc(C)c[c]c1C. The molecule has 1 rings (SSSR count). The first kappa shape index (κ1) is 7.13. The van der Waals surface area contributed by atoms with E-state index in [0.29, 0.717) is 0 Å². The zero-order chi connectivity index (χ0) is 7.56. The van der Waals surface area contributed by atoms with Crippen molar-refractivity contribution in [3.63, 3.8) is 0 Å². The van der Waals surface area contributed by atoms with Crippen LogP contribution in [0.25, 0.3) is 0 Å². The lowest BCUT2D eigenvalue weighted by atomic mass is 10.1. The Kier molecular flexibility index (Phi) is 1.95. The fourth-order valence-corrected chi connectivity index (χ4v) is 0.862. The van der Waals surface area contributed by atoms with Gasteiger partial charge in [0.15, 0.2) is 0 Å². The van der Waals surface area contributed by atoms with E-state index in [9.17, 15) is 0 Å². The normalized spacial score (nSPS) is 9.50. The molecule has 0 aliphatic heterocycles. The van der Waals surface area contributed by atoms with Gasteiger partial charge >= 0.3 is 0 Å². The molecule has 0 saturated heterocycles. The van der Waals surface area contributed by atoms with Gasteiger partial charge in [0.25, 0.3) is 0 Å². The Hall–Kier alpha value is -0.980. The highest BCUT2D eigenvalue weighted by molar-refractivity contribution is 5.34. The third-order valence-corrected chi connectivity index (χ3v) is 1.46. The van der Waals surface area contributed by atoms with E-state index in [1.165, 1.54) is 5.56 Å². The van der Waals surface area contributed by atoms with E-state index in [0.717, 1.165) is 11.3 Å². The minimum absolute atomic E-state index is 0.917. The van der Waals surface area contributed by atoms with Crippen LogP contribution in [-0.4, -0.2) is 7.11 Å². The molecule has 0 unspecified atom stereocenters. The highest BCUT2D eigenvalue weighted by Crippen LogP contribution is 2.17. The minimum atomic E-state index is 0.917. The Morgan fingerprint density at radius 2 is 2.10 bits per heavy atom. The van der Waals surface area contributed by atoms with Crippen molar-refractivity contribution in [1.82, 2.24) is 0 Å². The fraction of sp³-hybridized carbons (Fsp3) is 0.333. The third-order valence-electron chi connectivity index (χ3n) is 1.46. The smallest absolute Gasteiger partial charge is 0.122 e.